The fraction of sp³-hybridized carbons (Fsp3) is 0.364. The van der Waals surface area contributed by atoms with Gasteiger partial charge in [-0.1, -0.05) is 15.9 Å². The quantitative estimate of drug-likeness (QED) is 0.784. The summed E-state index contributed by atoms with van der Waals surface area (Å²) in [5.41, 5.74) is 0.755. The third-order valence-electron chi connectivity index (χ3n) is 2.28. The highest BCUT2D eigenvalue weighted by atomic mass is 79.9. The standard InChI is InChI=1S/C11H15BrN2O2/c1-7(11(16)13-2)14-6-8-5-9(12)3-4-10(8)15/h3-5,7,14-15H,6H2,1-2H3,(H,13,16)/t7-/m1/s1. The number of aromatic hydroxyl groups is 1. The van der Waals surface area contributed by atoms with Crippen molar-refractivity contribution in [3.63, 3.8) is 0 Å². The SMILES string of the molecule is CNC(=O)[C@@H](C)NCc1cc(Br)ccc1O. The van der Waals surface area contributed by atoms with Crippen LogP contribution >= 0.6 is 15.9 Å². The normalized spacial score (nSPS) is 12.2. The zero-order valence-corrected chi connectivity index (χ0v) is 10.8. The highest BCUT2D eigenvalue weighted by Gasteiger charge is 2.10. The largest absolute Gasteiger partial charge is 0.508 e. The lowest BCUT2D eigenvalue weighted by Gasteiger charge is -2.13. The maximum absolute atomic E-state index is 11.2. The molecule has 0 heterocycles. The summed E-state index contributed by atoms with van der Waals surface area (Å²) in [6.45, 7) is 2.22. The minimum Gasteiger partial charge on any atom is -0.508 e. The number of phenolic OH excluding ortho intramolecular Hbond substituents is 1. The van der Waals surface area contributed by atoms with E-state index in [1.54, 1.807) is 26.1 Å². The topological polar surface area (TPSA) is 61.4 Å². The van der Waals surface area contributed by atoms with Crippen LogP contribution < -0.4 is 10.6 Å². The summed E-state index contributed by atoms with van der Waals surface area (Å²) in [6, 6.07) is 4.91. The number of carbonyl (C=O) groups is 1. The summed E-state index contributed by atoms with van der Waals surface area (Å²) in [6.07, 6.45) is 0. The van der Waals surface area contributed by atoms with E-state index in [2.05, 4.69) is 26.6 Å². The highest BCUT2D eigenvalue weighted by molar-refractivity contribution is 9.10. The number of nitrogens with one attached hydrogen (secondary N) is 2. The molecule has 1 amide bonds. The van der Waals surface area contributed by atoms with Gasteiger partial charge in [-0.05, 0) is 25.1 Å². The predicted octanol–water partition coefficient (Wildman–Crippen LogP) is 1.38. The fourth-order valence-corrected chi connectivity index (χ4v) is 1.68. The van der Waals surface area contributed by atoms with Crippen molar-refractivity contribution in [1.29, 1.82) is 0 Å². The second-order valence-electron chi connectivity index (χ2n) is 3.49. The Labute approximate surface area is 103 Å². The fourth-order valence-electron chi connectivity index (χ4n) is 1.27. The maximum atomic E-state index is 11.2. The number of amides is 1. The van der Waals surface area contributed by atoms with E-state index in [0.29, 0.717) is 6.54 Å². The monoisotopic (exact) mass is 286 g/mol. The van der Waals surface area contributed by atoms with E-state index in [4.69, 9.17) is 0 Å². The average molecular weight is 287 g/mol. The number of hydrogen-bond donors (Lipinski definition) is 3. The molecule has 0 fully saturated rings. The van der Waals surface area contributed by atoms with Crippen molar-refractivity contribution in [3.05, 3.63) is 28.2 Å². The van der Waals surface area contributed by atoms with Gasteiger partial charge in [-0.25, -0.2) is 0 Å². The van der Waals surface area contributed by atoms with Gasteiger partial charge in [-0.15, -0.1) is 0 Å². The first-order valence-corrected chi connectivity index (χ1v) is 5.76. The Bertz CT molecular complexity index is 382. The number of benzene rings is 1. The molecule has 0 aliphatic carbocycles. The van der Waals surface area contributed by atoms with Crippen LogP contribution in [-0.4, -0.2) is 24.1 Å². The van der Waals surface area contributed by atoms with Crippen molar-refractivity contribution in [2.45, 2.75) is 19.5 Å². The molecule has 5 heteroatoms. The van der Waals surface area contributed by atoms with Crippen LogP contribution in [0.15, 0.2) is 22.7 Å². The Morgan fingerprint density at radius 3 is 2.88 bits per heavy atom. The van der Waals surface area contributed by atoms with Crippen molar-refractivity contribution in [2.24, 2.45) is 0 Å². The van der Waals surface area contributed by atoms with E-state index in [1.165, 1.54) is 0 Å². The van der Waals surface area contributed by atoms with Gasteiger partial charge < -0.3 is 15.7 Å². The first-order valence-electron chi connectivity index (χ1n) is 4.97. The minimum atomic E-state index is -0.289. The van der Waals surface area contributed by atoms with Crippen molar-refractivity contribution in [1.82, 2.24) is 10.6 Å². The minimum absolute atomic E-state index is 0.0745. The van der Waals surface area contributed by atoms with Crippen molar-refractivity contribution in [3.8, 4) is 5.75 Å². The van der Waals surface area contributed by atoms with Crippen LogP contribution in [-0.2, 0) is 11.3 Å². The van der Waals surface area contributed by atoms with Gasteiger partial charge in [0, 0.05) is 23.6 Å². The van der Waals surface area contributed by atoms with Crippen LogP contribution in [0.4, 0.5) is 0 Å². The number of hydrogen-bond acceptors (Lipinski definition) is 3. The molecule has 16 heavy (non-hydrogen) atoms. The molecule has 4 nitrogen and oxygen atoms in total. The van der Waals surface area contributed by atoms with Gasteiger partial charge in [0.05, 0.1) is 6.04 Å². The maximum Gasteiger partial charge on any atom is 0.236 e. The number of phenols is 1. The molecule has 1 atom stereocenters. The zero-order valence-electron chi connectivity index (χ0n) is 9.25. The number of likely N-dealkylation sites (N-methyl/N-ethyl adjacent to an activating group) is 1. The van der Waals surface area contributed by atoms with Gasteiger partial charge in [0.2, 0.25) is 5.91 Å². The van der Waals surface area contributed by atoms with Crippen molar-refractivity contribution < 1.29 is 9.90 Å². The number of rotatable bonds is 4. The second-order valence-corrected chi connectivity index (χ2v) is 4.41. The Hall–Kier alpha value is -1.07. The lowest BCUT2D eigenvalue weighted by molar-refractivity contribution is -0.122. The van der Waals surface area contributed by atoms with Gasteiger partial charge in [-0.2, -0.15) is 0 Å². The third kappa shape index (κ3) is 3.50. The van der Waals surface area contributed by atoms with Crippen LogP contribution in [0, 0.1) is 0 Å². The van der Waals surface area contributed by atoms with Crippen LogP contribution in [0.2, 0.25) is 0 Å². The molecule has 0 saturated carbocycles. The smallest absolute Gasteiger partial charge is 0.236 e. The summed E-state index contributed by atoms with van der Waals surface area (Å²) in [4.78, 5) is 11.2. The summed E-state index contributed by atoms with van der Waals surface area (Å²) in [5, 5.41) is 15.2. The molecule has 0 aliphatic rings. The number of halogens is 1. The van der Waals surface area contributed by atoms with E-state index in [0.717, 1.165) is 10.0 Å². The molecule has 1 rings (SSSR count). The summed E-state index contributed by atoms with van der Waals surface area (Å²) >= 11 is 3.33. The molecule has 0 radical (unpaired) electrons. The Balaban J connectivity index is 2.60. The summed E-state index contributed by atoms with van der Waals surface area (Å²) in [7, 11) is 1.59. The van der Waals surface area contributed by atoms with Crippen LogP contribution in [0.25, 0.3) is 0 Å². The lowest BCUT2D eigenvalue weighted by Crippen LogP contribution is -2.40. The van der Waals surface area contributed by atoms with Crippen LogP contribution in [0.3, 0.4) is 0 Å². The Morgan fingerprint density at radius 2 is 2.25 bits per heavy atom. The van der Waals surface area contributed by atoms with Gasteiger partial charge in [0.25, 0.3) is 0 Å². The molecule has 1 aromatic carbocycles. The Kier molecular flexibility index (Phi) is 4.76. The van der Waals surface area contributed by atoms with Crippen LogP contribution in [0.1, 0.15) is 12.5 Å². The zero-order chi connectivity index (χ0) is 12.1. The molecule has 0 unspecified atom stereocenters. The molecule has 88 valence electrons. The van der Waals surface area contributed by atoms with Gasteiger partial charge in [-0.3, -0.25) is 4.79 Å². The van der Waals surface area contributed by atoms with E-state index in [-0.39, 0.29) is 17.7 Å². The highest BCUT2D eigenvalue weighted by Crippen LogP contribution is 2.21. The first-order chi connectivity index (χ1) is 7.54. The van der Waals surface area contributed by atoms with Gasteiger partial charge >= 0.3 is 0 Å². The second kappa shape index (κ2) is 5.86. The van der Waals surface area contributed by atoms with Crippen molar-refractivity contribution in [2.75, 3.05) is 7.05 Å². The lowest BCUT2D eigenvalue weighted by atomic mass is 10.2. The molecule has 0 aromatic heterocycles. The van der Waals surface area contributed by atoms with E-state index < -0.39 is 0 Å². The molecule has 0 aliphatic heterocycles. The van der Waals surface area contributed by atoms with Crippen LogP contribution in [0.5, 0.6) is 5.75 Å². The summed E-state index contributed by atoms with van der Waals surface area (Å²) < 4.78 is 0.898. The molecule has 0 bridgehead atoms. The molecule has 0 saturated heterocycles. The van der Waals surface area contributed by atoms with E-state index in [9.17, 15) is 9.90 Å². The number of carbonyl (C=O) groups excluding carboxylic acids is 1. The molecular weight excluding hydrogens is 272 g/mol. The third-order valence-corrected chi connectivity index (χ3v) is 2.77. The first kappa shape index (κ1) is 13.0. The summed E-state index contributed by atoms with van der Waals surface area (Å²) in [5.74, 6) is 0.147. The van der Waals surface area contributed by atoms with Crippen molar-refractivity contribution >= 4 is 21.8 Å². The van der Waals surface area contributed by atoms with E-state index in [1.807, 2.05) is 6.07 Å². The Morgan fingerprint density at radius 1 is 1.56 bits per heavy atom. The molecular formula is C11H15BrN2O2. The van der Waals surface area contributed by atoms with E-state index >= 15 is 0 Å². The predicted molar refractivity (Wildman–Crippen MR) is 66.2 cm³/mol. The molecule has 0 spiro atoms. The van der Waals surface area contributed by atoms with Gasteiger partial charge in [0.15, 0.2) is 0 Å². The molecule has 3 N–H and O–H groups in total. The molecule has 1 aromatic rings. The van der Waals surface area contributed by atoms with Gasteiger partial charge in [0.1, 0.15) is 5.75 Å². The average Bonchev–Trinajstić information content (AvgIpc) is 2.28.